The molecule has 0 aliphatic rings. The normalized spacial score (nSPS) is 10.0. The Morgan fingerprint density at radius 2 is 2.18 bits per heavy atom. The van der Waals surface area contributed by atoms with Crippen molar-refractivity contribution in [3.63, 3.8) is 0 Å². The summed E-state index contributed by atoms with van der Waals surface area (Å²) in [4.78, 5) is 12.0. The molecular weight excluding hydrogens is 218 g/mol. The Hall–Kier alpha value is -2.37. The molecule has 88 valence electrons. The largest absolute Gasteiger partial charge is 0.481 e. The van der Waals surface area contributed by atoms with Gasteiger partial charge < -0.3 is 15.8 Å². The van der Waals surface area contributed by atoms with E-state index in [4.69, 9.17) is 10.5 Å². The third-order valence-corrected chi connectivity index (χ3v) is 2.23. The topological polar surface area (TPSA) is 86.0 Å². The number of nitrogens with zero attached hydrogens (tertiary/aromatic N) is 3. The van der Waals surface area contributed by atoms with E-state index < -0.39 is 0 Å². The van der Waals surface area contributed by atoms with E-state index in [2.05, 4.69) is 20.3 Å². The molecule has 2 aromatic rings. The van der Waals surface area contributed by atoms with Gasteiger partial charge in [-0.05, 0) is 18.6 Å². The number of methoxy groups -OCH3 is 1. The van der Waals surface area contributed by atoms with Crippen LogP contribution in [-0.2, 0) is 0 Å². The van der Waals surface area contributed by atoms with Gasteiger partial charge in [0, 0.05) is 12.3 Å². The molecule has 0 aromatic carbocycles. The lowest BCUT2D eigenvalue weighted by Crippen LogP contribution is -2.02. The van der Waals surface area contributed by atoms with Crippen LogP contribution in [0.25, 0.3) is 0 Å². The summed E-state index contributed by atoms with van der Waals surface area (Å²) < 4.78 is 5.02. The zero-order chi connectivity index (χ0) is 12.3. The van der Waals surface area contributed by atoms with Gasteiger partial charge in [-0.3, -0.25) is 4.98 Å². The summed E-state index contributed by atoms with van der Waals surface area (Å²) in [7, 11) is 1.53. The van der Waals surface area contributed by atoms with Gasteiger partial charge in [0.05, 0.1) is 19.0 Å². The third kappa shape index (κ3) is 2.60. The molecule has 0 atom stereocenters. The Morgan fingerprint density at radius 1 is 1.35 bits per heavy atom. The second kappa shape index (κ2) is 4.65. The molecule has 0 amide bonds. The smallest absolute Gasteiger partial charge is 0.225 e. The van der Waals surface area contributed by atoms with Crippen molar-refractivity contribution in [2.45, 2.75) is 6.92 Å². The minimum absolute atomic E-state index is 0.161. The van der Waals surface area contributed by atoms with Crippen LogP contribution in [0.15, 0.2) is 24.5 Å². The fraction of sp³-hybridized carbons (Fsp3) is 0.182. The Bertz CT molecular complexity index is 529. The predicted octanol–water partition coefficient (Wildman–Crippen LogP) is 1.51. The number of aromatic nitrogens is 3. The second-order valence-corrected chi connectivity index (χ2v) is 3.47. The first-order chi connectivity index (χ1) is 8.19. The molecule has 0 saturated heterocycles. The van der Waals surface area contributed by atoms with Crippen LogP contribution >= 0.6 is 0 Å². The van der Waals surface area contributed by atoms with Crippen LogP contribution in [0.1, 0.15) is 5.56 Å². The molecule has 0 spiro atoms. The molecule has 0 bridgehead atoms. The van der Waals surface area contributed by atoms with Gasteiger partial charge in [0.1, 0.15) is 5.82 Å². The lowest BCUT2D eigenvalue weighted by atomic mass is 10.2. The number of aryl methyl sites for hydroxylation is 1. The van der Waals surface area contributed by atoms with Crippen molar-refractivity contribution in [2.24, 2.45) is 0 Å². The number of anilines is 3. The fourth-order valence-electron chi connectivity index (χ4n) is 1.34. The van der Waals surface area contributed by atoms with Gasteiger partial charge in [-0.25, -0.2) is 0 Å². The van der Waals surface area contributed by atoms with Crippen molar-refractivity contribution < 1.29 is 4.74 Å². The summed E-state index contributed by atoms with van der Waals surface area (Å²) in [5.41, 5.74) is 7.50. The van der Waals surface area contributed by atoms with Gasteiger partial charge in [0.2, 0.25) is 11.8 Å². The number of nitrogen functional groups attached to an aromatic ring is 1. The molecule has 2 heterocycles. The van der Waals surface area contributed by atoms with Crippen LogP contribution in [0.5, 0.6) is 5.88 Å². The van der Waals surface area contributed by atoms with Crippen LogP contribution in [0.4, 0.5) is 17.5 Å². The number of hydrogen-bond acceptors (Lipinski definition) is 6. The maximum Gasteiger partial charge on any atom is 0.225 e. The lowest BCUT2D eigenvalue weighted by Gasteiger charge is -2.09. The van der Waals surface area contributed by atoms with Gasteiger partial charge in [-0.15, -0.1) is 0 Å². The van der Waals surface area contributed by atoms with Crippen molar-refractivity contribution >= 4 is 17.5 Å². The third-order valence-electron chi connectivity index (χ3n) is 2.23. The molecule has 0 radical (unpaired) electrons. The molecule has 0 unspecified atom stereocenters. The first-order valence-corrected chi connectivity index (χ1v) is 5.05. The molecule has 0 aliphatic heterocycles. The van der Waals surface area contributed by atoms with Gasteiger partial charge in [-0.2, -0.15) is 9.97 Å². The Morgan fingerprint density at radius 3 is 2.88 bits per heavy atom. The lowest BCUT2D eigenvalue weighted by molar-refractivity contribution is 0.398. The average molecular weight is 231 g/mol. The highest BCUT2D eigenvalue weighted by atomic mass is 16.5. The highest BCUT2D eigenvalue weighted by Gasteiger charge is 2.04. The Labute approximate surface area is 98.9 Å². The molecule has 17 heavy (non-hydrogen) atoms. The maximum absolute atomic E-state index is 5.57. The number of nitrogens with one attached hydrogen (secondary N) is 1. The van der Waals surface area contributed by atoms with Crippen LogP contribution in [0, 0.1) is 6.92 Å². The highest BCUT2D eigenvalue weighted by molar-refractivity contribution is 5.60. The van der Waals surface area contributed by atoms with Crippen molar-refractivity contribution in [3.8, 4) is 5.88 Å². The van der Waals surface area contributed by atoms with Crippen molar-refractivity contribution in [1.29, 1.82) is 0 Å². The number of pyridine rings is 1. The highest BCUT2D eigenvalue weighted by Crippen LogP contribution is 2.20. The predicted molar refractivity (Wildman–Crippen MR) is 65.3 cm³/mol. The van der Waals surface area contributed by atoms with Crippen molar-refractivity contribution in [1.82, 2.24) is 15.0 Å². The van der Waals surface area contributed by atoms with E-state index in [-0.39, 0.29) is 5.95 Å². The molecule has 0 aliphatic carbocycles. The summed E-state index contributed by atoms with van der Waals surface area (Å²) in [6.45, 7) is 1.98. The zero-order valence-electron chi connectivity index (χ0n) is 9.64. The summed E-state index contributed by atoms with van der Waals surface area (Å²) in [5, 5.41) is 3.11. The van der Waals surface area contributed by atoms with Gasteiger partial charge in [0.25, 0.3) is 0 Å². The van der Waals surface area contributed by atoms with E-state index in [1.807, 2.05) is 13.0 Å². The minimum atomic E-state index is 0.161. The van der Waals surface area contributed by atoms with E-state index in [9.17, 15) is 0 Å². The monoisotopic (exact) mass is 231 g/mol. The summed E-state index contributed by atoms with van der Waals surface area (Å²) >= 11 is 0. The molecular formula is C11H13N5O. The van der Waals surface area contributed by atoms with E-state index in [0.717, 1.165) is 11.3 Å². The van der Waals surface area contributed by atoms with Crippen molar-refractivity contribution in [2.75, 3.05) is 18.2 Å². The zero-order valence-corrected chi connectivity index (χ0v) is 9.64. The molecule has 2 aromatic heterocycles. The van der Waals surface area contributed by atoms with Gasteiger partial charge in [0.15, 0.2) is 0 Å². The van der Waals surface area contributed by atoms with Crippen LogP contribution < -0.4 is 15.8 Å². The quantitative estimate of drug-likeness (QED) is 0.832. The van der Waals surface area contributed by atoms with Crippen molar-refractivity contribution in [3.05, 3.63) is 30.1 Å². The fourth-order valence-corrected chi connectivity index (χ4v) is 1.34. The van der Waals surface area contributed by atoms with Crippen LogP contribution in [0.3, 0.4) is 0 Å². The number of hydrogen-bond donors (Lipinski definition) is 2. The average Bonchev–Trinajstić information content (AvgIpc) is 2.31. The van der Waals surface area contributed by atoms with E-state index in [1.165, 1.54) is 7.11 Å². The molecule has 0 saturated carbocycles. The second-order valence-electron chi connectivity index (χ2n) is 3.47. The molecule has 6 heteroatoms. The number of ether oxygens (including phenoxy) is 1. The standard InChI is InChI=1S/C11H13N5O/c1-7-3-4-13-6-8(7)14-9-5-10(17-2)16-11(12)15-9/h3-6H,1-2H3,(H3,12,14,15,16). The first-order valence-electron chi connectivity index (χ1n) is 5.05. The summed E-state index contributed by atoms with van der Waals surface area (Å²) in [5.74, 6) is 1.15. The number of rotatable bonds is 3. The van der Waals surface area contributed by atoms with E-state index >= 15 is 0 Å². The summed E-state index contributed by atoms with van der Waals surface area (Å²) in [6, 6.07) is 3.58. The van der Waals surface area contributed by atoms with Gasteiger partial charge >= 0.3 is 0 Å². The van der Waals surface area contributed by atoms with Crippen LogP contribution in [-0.4, -0.2) is 22.1 Å². The molecule has 2 rings (SSSR count). The Balaban J connectivity index is 2.30. The van der Waals surface area contributed by atoms with Gasteiger partial charge in [-0.1, -0.05) is 0 Å². The Kier molecular flexibility index (Phi) is 3.04. The molecule has 0 fully saturated rings. The molecule has 3 N–H and O–H groups in total. The number of nitrogens with two attached hydrogens (primary N) is 1. The van der Waals surface area contributed by atoms with Crippen LogP contribution in [0.2, 0.25) is 0 Å². The minimum Gasteiger partial charge on any atom is -0.481 e. The van der Waals surface area contributed by atoms with E-state index in [1.54, 1.807) is 18.5 Å². The summed E-state index contributed by atoms with van der Waals surface area (Å²) in [6.07, 6.45) is 3.45. The first kappa shape index (κ1) is 11.1. The maximum atomic E-state index is 5.57. The SMILES string of the molecule is COc1cc(Nc2cnccc2C)nc(N)n1. The molecule has 6 nitrogen and oxygen atoms in total. The van der Waals surface area contributed by atoms with E-state index in [0.29, 0.717) is 11.7 Å².